The topological polar surface area (TPSA) is 20.2 Å². The molecule has 68 valence electrons. The number of hydrogen-bond donors (Lipinski definition) is 1. The molecule has 0 aromatic heterocycles. The van der Waals surface area contributed by atoms with E-state index in [1.807, 2.05) is 0 Å². The fourth-order valence-corrected chi connectivity index (χ4v) is 1.09. The first-order valence-corrected chi connectivity index (χ1v) is 3.94. The van der Waals surface area contributed by atoms with Crippen LogP contribution in [0, 0.1) is 18.2 Å². The van der Waals surface area contributed by atoms with Crippen LogP contribution in [0.1, 0.15) is 19.4 Å². The minimum absolute atomic E-state index is 0.0318. The molecule has 1 aromatic carbocycles. The fourth-order valence-electron chi connectivity index (χ4n) is 1.09. The highest BCUT2D eigenvalue weighted by Crippen LogP contribution is 2.30. The molecule has 1 rings (SSSR count). The van der Waals surface area contributed by atoms with Crippen LogP contribution >= 0.6 is 0 Å². The number of terminal acetylenes is 1. The number of halogens is 1. The first-order valence-electron chi connectivity index (χ1n) is 3.94. The van der Waals surface area contributed by atoms with Gasteiger partial charge in [0.1, 0.15) is 11.6 Å². The monoisotopic (exact) mass is 178 g/mol. The van der Waals surface area contributed by atoms with Crippen LogP contribution in [0.5, 0.6) is 5.75 Å². The van der Waals surface area contributed by atoms with E-state index in [1.54, 1.807) is 13.8 Å². The van der Waals surface area contributed by atoms with Gasteiger partial charge < -0.3 is 5.11 Å². The second-order valence-electron chi connectivity index (χ2n) is 3.43. The van der Waals surface area contributed by atoms with Crippen LogP contribution in [0.25, 0.3) is 0 Å². The average molecular weight is 178 g/mol. The van der Waals surface area contributed by atoms with Crippen molar-refractivity contribution in [3.8, 4) is 18.1 Å². The number of aromatic hydroxyl groups is 1. The largest absolute Gasteiger partial charge is 0.508 e. The van der Waals surface area contributed by atoms with E-state index in [0.29, 0.717) is 5.56 Å². The molecule has 2 heteroatoms. The van der Waals surface area contributed by atoms with Crippen molar-refractivity contribution in [3.05, 3.63) is 29.6 Å². The number of phenols is 1. The smallest absolute Gasteiger partial charge is 0.123 e. The van der Waals surface area contributed by atoms with E-state index in [0.717, 1.165) is 0 Å². The molecule has 13 heavy (non-hydrogen) atoms. The van der Waals surface area contributed by atoms with E-state index >= 15 is 0 Å². The first kappa shape index (κ1) is 9.60. The van der Waals surface area contributed by atoms with Crippen LogP contribution in [0.15, 0.2) is 18.2 Å². The van der Waals surface area contributed by atoms with Gasteiger partial charge in [0.15, 0.2) is 0 Å². The highest BCUT2D eigenvalue weighted by atomic mass is 19.1. The van der Waals surface area contributed by atoms with Crippen molar-refractivity contribution in [2.45, 2.75) is 19.3 Å². The Hall–Kier alpha value is -1.49. The molecule has 0 radical (unpaired) electrons. The van der Waals surface area contributed by atoms with E-state index in [1.165, 1.54) is 18.2 Å². The second kappa shape index (κ2) is 3.10. The third kappa shape index (κ3) is 1.81. The molecule has 0 fully saturated rings. The molecule has 0 saturated carbocycles. The van der Waals surface area contributed by atoms with Gasteiger partial charge in [-0.2, -0.15) is 0 Å². The minimum Gasteiger partial charge on any atom is -0.508 e. The summed E-state index contributed by atoms with van der Waals surface area (Å²) in [7, 11) is 0. The molecule has 0 bridgehead atoms. The minimum atomic E-state index is -0.647. The van der Waals surface area contributed by atoms with Crippen molar-refractivity contribution in [3.63, 3.8) is 0 Å². The summed E-state index contributed by atoms with van der Waals surface area (Å²) in [5, 5.41) is 9.44. The average Bonchev–Trinajstić information content (AvgIpc) is 2.09. The maximum Gasteiger partial charge on any atom is 0.123 e. The molecule has 1 nitrogen and oxygen atoms in total. The zero-order valence-electron chi connectivity index (χ0n) is 7.63. The summed E-state index contributed by atoms with van der Waals surface area (Å²) in [4.78, 5) is 0. The van der Waals surface area contributed by atoms with E-state index in [4.69, 9.17) is 6.42 Å². The molecule has 0 amide bonds. The van der Waals surface area contributed by atoms with E-state index in [2.05, 4.69) is 5.92 Å². The molecule has 1 aromatic rings. The molecule has 0 aliphatic rings. The number of hydrogen-bond acceptors (Lipinski definition) is 1. The molecule has 0 aliphatic carbocycles. The van der Waals surface area contributed by atoms with Crippen LogP contribution in [0.4, 0.5) is 4.39 Å². The standard InChI is InChI=1S/C11H11FO/c1-4-11(2,3)9-7-8(12)5-6-10(9)13/h1,5-7,13H,2-3H3. The number of rotatable bonds is 1. The normalized spacial score (nSPS) is 10.9. The highest BCUT2D eigenvalue weighted by molar-refractivity contribution is 5.42. The van der Waals surface area contributed by atoms with Gasteiger partial charge in [-0.25, -0.2) is 4.39 Å². The van der Waals surface area contributed by atoms with Gasteiger partial charge in [-0.1, -0.05) is 5.92 Å². The van der Waals surface area contributed by atoms with E-state index in [9.17, 15) is 9.50 Å². The molecule has 0 spiro atoms. The van der Waals surface area contributed by atoms with Gasteiger partial charge >= 0.3 is 0 Å². The summed E-state index contributed by atoms with van der Waals surface area (Å²) in [5.74, 6) is 2.14. The van der Waals surface area contributed by atoms with Gasteiger partial charge in [0.25, 0.3) is 0 Å². The van der Waals surface area contributed by atoms with Crippen LogP contribution in [0.3, 0.4) is 0 Å². The molecular weight excluding hydrogens is 167 g/mol. The number of benzene rings is 1. The Morgan fingerprint density at radius 1 is 1.46 bits per heavy atom. The van der Waals surface area contributed by atoms with Crippen molar-refractivity contribution in [1.29, 1.82) is 0 Å². The Morgan fingerprint density at radius 3 is 2.62 bits per heavy atom. The van der Waals surface area contributed by atoms with Gasteiger partial charge in [-0.05, 0) is 32.0 Å². The Kier molecular flexibility index (Phi) is 2.29. The van der Waals surface area contributed by atoms with Crippen LogP contribution < -0.4 is 0 Å². The van der Waals surface area contributed by atoms with Gasteiger partial charge in [0.05, 0.1) is 5.41 Å². The van der Waals surface area contributed by atoms with Crippen molar-refractivity contribution in [2.24, 2.45) is 0 Å². The van der Waals surface area contributed by atoms with Gasteiger partial charge in [-0.15, -0.1) is 6.42 Å². The van der Waals surface area contributed by atoms with Gasteiger partial charge in [-0.3, -0.25) is 0 Å². The molecule has 0 saturated heterocycles. The maximum atomic E-state index is 12.8. The van der Waals surface area contributed by atoms with E-state index in [-0.39, 0.29) is 5.75 Å². The van der Waals surface area contributed by atoms with E-state index < -0.39 is 11.2 Å². The van der Waals surface area contributed by atoms with Crippen molar-refractivity contribution >= 4 is 0 Å². The fraction of sp³-hybridized carbons (Fsp3) is 0.273. The molecule has 0 unspecified atom stereocenters. The molecular formula is C11H11FO. The second-order valence-corrected chi connectivity index (χ2v) is 3.43. The summed E-state index contributed by atoms with van der Waals surface area (Å²) < 4.78 is 12.8. The van der Waals surface area contributed by atoms with Crippen molar-refractivity contribution in [2.75, 3.05) is 0 Å². The summed E-state index contributed by atoms with van der Waals surface area (Å²) in [5.41, 5.74) is -0.207. The summed E-state index contributed by atoms with van der Waals surface area (Å²) in [6, 6.07) is 3.77. The van der Waals surface area contributed by atoms with Gasteiger partial charge in [0, 0.05) is 5.56 Å². The Labute approximate surface area is 77.2 Å². The lowest BCUT2D eigenvalue weighted by molar-refractivity contribution is 0.454. The lowest BCUT2D eigenvalue weighted by Crippen LogP contribution is -2.14. The first-order chi connectivity index (χ1) is 5.97. The quantitative estimate of drug-likeness (QED) is 0.655. The molecule has 0 aliphatic heterocycles. The maximum absolute atomic E-state index is 12.8. The Bertz CT molecular complexity index is 361. The van der Waals surface area contributed by atoms with Crippen LogP contribution in [0.2, 0.25) is 0 Å². The van der Waals surface area contributed by atoms with Gasteiger partial charge in [0.2, 0.25) is 0 Å². The zero-order chi connectivity index (χ0) is 10.1. The lowest BCUT2D eigenvalue weighted by Gasteiger charge is -2.19. The van der Waals surface area contributed by atoms with Crippen molar-refractivity contribution in [1.82, 2.24) is 0 Å². The Balaban J connectivity index is 3.30. The molecule has 0 heterocycles. The number of phenolic OH excluding ortho intramolecular Hbond substituents is 1. The summed E-state index contributed by atoms with van der Waals surface area (Å²) in [6.07, 6.45) is 5.27. The molecule has 0 atom stereocenters. The zero-order valence-corrected chi connectivity index (χ0v) is 7.63. The predicted molar refractivity (Wildman–Crippen MR) is 49.9 cm³/mol. The Morgan fingerprint density at radius 2 is 2.08 bits per heavy atom. The summed E-state index contributed by atoms with van der Waals surface area (Å²) >= 11 is 0. The molecule has 1 N–H and O–H groups in total. The summed E-state index contributed by atoms with van der Waals surface area (Å²) in [6.45, 7) is 3.50. The van der Waals surface area contributed by atoms with Crippen LogP contribution in [-0.4, -0.2) is 5.11 Å². The third-order valence-electron chi connectivity index (χ3n) is 1.99. The highest BCUT2D eigenvalue weighted by Gasteiger charge is 2.21. The van der Waals surface area contributed by atoms with Crippen molar-refractivity contribution < 1.29 is 9.50 Å². The van der Waals surface area contributed by atoms with Crippen LogP contribution in [-0.2, 0) is 5.41 Å². The predicted octanol–water partition coefficient (Wildman–Crippen LogP) is 2.44. The third-order valence-corrected chi connectivity index (χ3v) is 1.99. The lowest BCUT2D eigenvalue weighted by atomic mass is 9.85. The SMILES string of the molecule is C#CC(C)(C)c1cc(F)ccc1O.